The average Bonchev–Trinajstić information content (AvgIpc) is 2.91. The number of aliphatic hydroxyl groups is 6. The molecule has 1 aliphatic rings. The topological polar surface area (TPSA) is 217 Å². The van der Waals surface area contributed by atoms with Crippen LogP contribution in [0.4, 0.5) is 0 Å². The summed E-state index contributed by atoms with van der Waals surface area (Å²) in [5.41, 5.74) is -1.11. The number of phenolic OH excluding ortho intramolecular Hbond substituents is 1. The van der Waals surface area contributed by atoms with Crippen LogP contribution in [-0.2, 0) is 14.3 Å². The maximum atomic E-state index is 12.5. The molecule has 188 valence electrons. The average molecular weight is 486 g/mol. The molecular formula is C21H26O13. The minimum absolute atomic E-state index is 0.199. The quantitative estimate of drug-likeness (QED) is 0.121. The van der Waals surface area contributed by atoms with Crippen molar-refractivity contribution in [2.24, 2.45) is 0 Å². The molecule has 13 nitrogen and oxygen atoms in total. The van der Waals surface area contributed by atoms with Gasteiger partial charge in [0.1, 0.15) is 47.1 Å². The third kappa shape index (κ3) is 4.92. The van der Waals surface area contributed by atoms with Gasteiger partial charge in [-0.05, 0) is 24.4 Å². The van der Waals surface area contributed by atoms with Crippen molar-refractivity contribution in [3.63, 3.8) is 0 Å². The predicted molar refractivity (Wildman–Crippen MR) is 111 cm³/mol. The minimum atomic E-state index is -2.23. The van der Waals surface area contributed by atoms with Gasteiger partial charge in [-0.3, -0.25) is 0 Å². The van der Waals surface area contributed by atoms with Crippen LogP contribution in [0.1, 0.15) is 23.8 Å². The van der Waals surface area contributed by atoms with Gasteiger partial charge in [0.15, 0.2) is 12.4 Å². The van der Waals surface area contributed by atoms with E-state index in [1.807, 2.05) is 0 Å². The molecule has 0 amide bonds. The maximum absolute atomic E-state index is 12.5. The zero-order chi connectivity index (χ0) is 25.3. The number of rotatable bonds is 8. The van der Waals surface area contributed by atoms with Crippen LogP contribution in [0.2, 0.25) is 0 Å². The molecule has 1 aromatic carbocycles. The van der Waals surface area contributed by atoms with E-state index < -0.39 is 66.9 Å². The van der Waals surface area contributed by atoms with Crippen LogP contribution in [0.3, 0.4) is 0 Å². The SMILES string of the molecule is CO[C@@H]1C[C@H](O[C@H](O)[C@H](O)[C@H](O)[C@H](O)[C@@H](O)CO)c2c(cc3cc(C)oc(=O)c3c2O)OC1=O. The zero-order valence-electron chi connectivity index (χ0n) is 18.2. The first-order valence-electron chi connectivity index (χ1n) is 10.2. The molecule has 1 aromatic heterocycles. The molecule has 0 fully saturated rings. The van der Waals surface area contributed by atoms with E-state index in [-0.39, 0.29) is 34.3 Å². The summed E-state index contributed by atoms with van der Waals surface area (Å²) < 4.78 is 20.8. The predicted octanol–water partition coefficient (Wildman–Crippen LogP) is -2.06. The first-order valence-corrected chi connectivity index (χ1v) is 10.2. The number of phenols is 1. The van der Waals surface area contributed by atoms with E-state index in [2.05, 4.69) is 0 Å². The van der Waals surface area contributed by atoms with Crippen LogP contribution in [0.15, 0.2) is 21.3 Å². The molecule has 0 unspecified atom stereocenters. The molecule has 0 saturated heterocycles. The van der Waals surface area contributed by atoms with Crippen LogP contribution in [0.25, 0.3) is 10.8 Å². The standard InChI is InChI=1S/C21H26O13/c1-7-3-8-4-10-14(16(25)13(8)20(29)32-7)11(5-12(31-2)19(28)33-10)34-21(30)18(27)17(26)15(24)9(23)6-22/h3-4,9,11-12,15,17-18,21-27,30H,5-6H2,1-2H3/t9-,11-,12+,15+,17+,18+,21-/m0/s1. The number of aliphatic hydroxyl groups excluding tert-OH is 6. The van der Waals surface area contributed by atoms with Crippen molar-refractivity contribution in [1.29, 1.82) is 0 Å². The minimum Gasteiger partial charge on any atom is -0.506 e. The number of ether oxygens (including phenoxy) is 3. The lowest BCUT2D eigenvalue weighted by Crippen LogP contribution is -2.50. The van der Waals surface area contributed by atoms with E-state index in [1.165, 1.54) is 26.2 Å². The van der Waals surface area contributed by atoms with Gasteiger partial charge in [0.2, 0.25) is 0 Å². The van der Waals surface area contributed by atoms with Gasteiger partial charge >= 0.3 is 11.6 Å². The molecule has 2 aromatic rings. The fourth-order valence-corrected chi connectivity index (χ4v) is 3.70. The number of hydrogen-bond donors (Lipinski definition) is 7. The molecule has 2 heterocycles. The largest absolute Gasteiger partial charge is 0.506 e. The molecule has 7 atom stereocenters. The van der Waals surface area contributed by atoms with Gasteiger partial charge in [-0.1, -0.05) is 0 Å². The molecule has 7 N–H and O–H groups in total. The van der Waals surface area contributed by atoms with Crippen molar-refractivity contribution in [1.82, 2.24) is 0 Å². The number of aromatic hydroxyl groups is 1. The van der Waals surface area contributed by atoms with Crippen molar-refractivity contribution in [3.8, 4) is 11.5 Å². The number of benzene rings is 1. The lowest BCUT2D eigenvalue weighted by atomic mass is 9.98. The Morgan fingerprint density at radius 1 is 1.06 bits per heavy atom. The highest BCUT2D eigenvalue weighted by atomic mass is 16.6. The van der Waals surface area contributed by atoms with E-state index in [4.69, 9.17) is 23.7 Å². The molecule has 0 spiro atoms. The van der Waals surface area contributed by atoms with Gasteiger partial charge in [-0.25, -0.2) is 9.59 Å². The monoisotopic (exact) mass is 486 g/mol. The molecular weight excluding hydrogens is 460 g/mol. The highest BCUT2D eigenvalue weighted by Crippen LogP contribution is 2.44. The number of esters is 1. The number of fused-ring (bicyclic) bond motifs is 2. The van der Waals surface area contributed by atoms with Gasteiger partial charge in [-0.2, -0.15) is 0 Å². The highest BCUT2D eigenvalue weighted by molar-refractivity contribution is 5.92. The molecule has 3 rings (SSSR count). The molecule has 13 heteroatoms. The summed E-state index contributed by atoms with van der Waals surface area (Å²) in [6, 6.07) is 2.72. The third-order valence-electron chi connectivity index (χ3n) is 5.53. The molecule has 0 radical (unpaired) electrons. The Hall–Kier alpha value is -2.62. The Kier molecular flexibility index (Phi) is 7.90. The van der Waals surface area contributed by atoms with Gasteiger partial charge in [0, 0.05) is 13.5 Å². The molecule has 0 aliphatic carbocycles. The zero-order valence-corrected chi connectivity index (χ0v) is 18.2. The Morgan fingerprint density at radius 3 is 2.35 bits per heavy atom. The van der Waals surface area contributed by atoms with E-state index in [0.29, 0.717) is 0 Å². The van der Waals surface area contributed by atoms with Gasteiger partial charge in [0.25, 0.3) is 0 Å². The molecule has 0 bridgehead atoms. The Labute approximate surface area is 192 Å². The van der Waals surface area contributed by atoms with Crippen LogP contribution in [0, 0.1) is 6.92 Å². The van der Waals surface area contributed by atoms with Crippen molar-refractivity contribution in [2.45, 2.75) is 56.3 Å². The smallest absolute Gasteiger partial charge is 0.347 e. The second-order valence-electron chi connectivity index (χ2n) is 7.86. The van der Waals surface area contributed by atoms with E-state index in [9.17, 15) is 40.2 Å². The lowest BCUT2D eigenvalue weighted by Gasteiger charge is -2.30. The van der Waals surface area contributed by atoms with Gasteiger partial charge in [0.05, 0.1) is 18.3 Å². The number of methoxy groups -OCH3 is 1. The van der Waals surface area contributed by atoms with Crippen molar-refractivity contribution >= 4 is 16.7 Å². The first kappa shape index (κ1) is 26.0. The first-order chi connectivity index (χ1) is 16.0. The van der Waals surface area contributed by atoms with Crippen LogP contribution in [0.5, 0.6) is 11.5 Å². The third-order valence-corrected chi connectivity index (χ3v) is 5.53. The summed E-state index contributed by atoms with van der Waals surface area (Å²) in [5.74, 6) is -1.49. The summed E-state index contributed by atoms with van der Waals surface area (Å²) in [4.78, 5) is 24.8. The van der Waals surface area contributed by atoms with Gasteiger partial charge < -0.3 is 54.4 Å². The van der Waals surface area contributed by atoms with Crippen LogP contribution >= 0.6 is 0 Å². The van der Waals surface area contributed by atoms with E-state index >= 15 is 0 Å². The Balaban J connectivity index is 2.04. The fraction of sp³-hybridized carbons (Fsp3) is 0.524. The normalized spacial score (nSPS) is 22.9. The summed E-state index contributed by atoms with van der Waals surface area (Å²) in [6.07, 6.45) is -13.5. The number of aryl methyl sites for hydroxylation is 1. The lowest BCUT2D eigenvalue weighted by molar-refractivity contribution is -0.231. The van der Waals surface area contributed by atoms with Crippen LogP contribution in [-0.4, -0.2) is 92.2 Å². The highest BCUT2D eigenvalue weighted by Gasteiger charge is 2.40. The van der Waals surface area contributed by atoms with Crippen molar-refractivity contribution < 1.29 is 59.2 Å². The van der Waals surface area contributed by atoms with Crippen molar-refractivity contribution in [3.05, 3.63) is 33.9 Å². The number of carbonyl (C=O) groups is 1. The summed E-state index contributed by atoms with van der Waals surface area (Å²) in [5, 5.41) is 69.6. The summed E-state index contributed by atoms with van der Waals surface area (Å²) in [7, 11) is 1.20. The maximum Gasteiger partial charge on any atom is 0.347 e. The fourth-order valence-electron chi connectivity index (χ4n) is 3.70. The second kappa shape index (κ2) is 10.3. The Bertz CT molecular complexity index is 1100. The van der Waals surface area contributed by atoms with Crippen molar-refractivity contribution in [2.75, 3.05) is 13.7 Å². The number of hydrogen-bond acceptors (Lipinski definition) is 13. The summed E-state index contributed by atoms with van der Waals surface area (Å²) >= 11 is 0. The molecule has 1 aliphatic heterocycles. The van der Waals surface area contributed by atoms with E-state index in [0.717, 1.165) is 0 Å². The van der Waals surface area contributed by atoms with Gasteiger partial charge in [-0.15, -0.1) is 0 Å². The Morgan fingerprint density at radius 2 is 1.74 bits per heavy atom. The number of carbonyl (C=O) groups excluding carboxylic acids is 1. The second-order valence-corrected chi connectivity index (χ2v) is 7.86. The summed E-state index contributed by atoms with van der Waals surface area (Å²) in [6.45, 7) is 0.573. The molecule has 0 saturated carbocycles. The van der Waals surface area contributed by atoms with Crippen LogP contribution < -0.4 is 10.4 Å². The van der Waals surface area contributed by atoms with E-state index in [1.54, 1.807) is 0 Å². The molecule has 34 heavy (non-hydrogen) atoms.